The van der Waals surface area contributed by atoms with E-state index in [9.17, 15) is 9.18 Å². The van der Waals surface area contributed by atoms with Gasteiger partial charge in [0, 0.05) is 16.8 Å². The highest BCUT2D eigenvalue weighted by atomic mass is 35.5. The van der Waals surface area contributed by atoms with Gasteiger partial charge >= 0.3 is 0 Å². The van der Waals surface area contributed by atoms with Gasteiger partial charge in [-0.3, -0.25) is 4.79 Å². The minimum absolute atomic E-state index is 0.242. The van der Waals surface area contributed by atoms with Crippen LogP contribution in [0.2, 0.25) is 5.02 Å². The van der Waals surface area contributed by atoms with Gasteiger partial charge < -0.3 is 10.3 Å². The number of aromatic amines is 1. The molecule has 2 N–H and O–H groups in total. The van der Waals surface area contributed by atoms with Crippen molar-refractivity contribution >= 4 is 34.2 Å². The van der Waals surface area contributed by atoms with E-state index >= 15 is 0 Å². The van der Waals surface area contributed by atoms with Gasteiger partial charge in [0.05, 0.1) is 16.1 Å². The minimum Gasteiger partial charge on any atom is -0.338 e. The van der Waals surface area contributed by atoms with E-state index in [1.807, 2.05) is 36.4 Å². The Balaban J connectivity index is 1.37. The Kier molecular flexibility index (Phi) is 5.17. The van der Waals surface area contributed by atoms with E-state index in [0.29, 0.717) is 27.7 Å². The fourth-order valence-corrected chi connectivity index (χ4v) is 3.73. The number of nitrogens with zero attached hydrogens (tertiary/aromatic N) is 1. The van der Waals surface area contributed by atoms with Crippen molar-refractivity contribution in [2.24, 2.45) is 0 Å². The second-order valence-electron chi connectivity index (χ2n) is 7.34. The van der Waals surface area contributed by atoms with E-state index in [0.717, 1.165) is 22.2 Å². The molecule has 0 aliphatic carbocycles. The van der Waals surface area contributed by atoms with Gasteiger partial charge in [-0.05, 0) is 65.7 Å². The van der Waals surface area contributed by atoms with E-state index in [4.69, 9.17) is 11.6 Å². The zero-order valence-corrected chi connectivity index (χ0v) is 17.5. The number of anilines is 1. The van der Waals surface area contributed by atoms with E-state index in [2.05, 4.69) is 15.3 Å². The number of amides is 1. The first-order chi connectivity index (χ1) is 15.6. The number of halogens is 2. The molecule has 5 rings (SSSR count). The number of hydrogen-bond donors (Lipinski definition) is 2. The lowest BCUT2D eigenvalue weighted by molar-refractivity contribution is 0.102. The van der Waals surface area contributed by atoms with Gasteiger partial charge in [0.15, 0.2) is 0 Å². The molecule has 0 radical (unpaired) electrons. The van der Waals surface area contributed by atoms with Crippen molar-refractivity contribution in [3.63, 3.8) is 0 Å². The van der Waals surface area contributed by atoms with Crippen LogP contribution in [0.1, 0.15) is 10.4 Å². The molecule has 0 saturated heterocycles. The van der Waals surface area contributed by atoms with Crippen LogP contribution >= 0.6 is 11.6 Å². The van der Waals surface area contributed by atoms with Crippen molar-refractivity contribution in [1.82, 2.24) is 9.97 Å². The standard InChI is InChI=1S/C26H17ClFN3O/c27-22-14-13-20(15-21(22)25-30-23-3-1-2-4-24(23)31-25)29-26(32)18-7-5-16(6-8-18)17-9-11-19(28)12-10-17/h1-15H,(H,29,32)(H,30,31). The van der Waals surface area contributed by atoms with Crippen LogP contribution < -0.4 is 5.32 Å². The third-order valence-electron chi connectivity index (χ3n) is 5.19. The van der Waals surface area contributed by atoms with Gasteiger partial charge in [-0.2, -0.15) is 0 Å². The zero-order chi connectivity index (χ0) is 22.1. The molecule has 0 atom stereocenters. The van der Waals surface area contributed by atoms with E-state index in [-0.39, 0.29) is 11.7 Å². The van der Waals surface area contributed by atoms with E-state index in [1.54, 1.807) is 42.5 Å². The van der Waals surface area contributed by atoms with Crippen molar-refractivity contribution < 1.29 is 9.18 Å². The molecule has 0 spiro atoms. The largest absolute Gasteiger partial charge is 0.338 e. The fourth-order valence-electron chi connectivity index (χ4n) is 3.52. The van der Waals surface area contributed by atoms with Crippen molar-refractivity contribution in [3.8, 4) is 22.5 Å². The van der Waals surface area contributed by atoms with Crippen LogP contribution in [0.5, 0.6) is 0 Å². The molecule has 4 nitrogen and oxygen atoms in total. The third-order valence-corrected chi connectivity index (χ3v) is 5.52. The van der Waals surface area contributed by atoms with Gasteiger partial charge in [-0.25, -0.2) is 9.37 Å². The average molecular weight is 442 g/mol. The maximum atomic E-state index is 13.1. The molecule has 0 bridgehead atoms. The first-order valence-corrected chi connectivity index (χ1v) is 10.4. The molecule has 0 fully saturated rings. The van der Waals surface area contributed by atoms with Crippen LogP contribution in [-0.4, -0.2) is 15.9 Å². The van der Waals surface area contributed by atoms with Crippen molar-refractivity contribution in [3.05, 3.63) is 107 Å². The molecule has 1 aromatic heterocycles. The Hall–Kier alpha value is -3.96. The highest BCUT2D eigenvalue weighted by Gasteiger charge is 2.12. The number of hydrogen-bond acceptors (Lipinski definition) is 2. The Morgan fingerprint density at radius 3 is 2.28 bits per heavy atom. The van der Waals surface area contributed by atoms with Crippen LogP contribution in [0.25, 0.3) is 33.5 Å². The summed E-state index contributed by atoms with van der Waals surface area (Å²) >= 11 is 6.40. The van der Waals surface area contributed by atoms with Crippen LogP contribution in [0, 0.1) is 5.82 Å². The normalized spacial score (nSPS) is 10.9. The van der Waals surface area contributed by atoms with Gasteiger partial charge in [-0.1, -0.05) is 48.0 Å². The number of benzene rings is 4. The quantitative estimate of drug-likeness (QED) is 0.317. The predicted octanol–water partition coefficient (Wildman–Crippen LogP) is 6.94. The highest BCUT2D eigenvalue weighted by molar-refractivity contribution is 6.33. The van der Waals surface area contributed by atoms with Crippen LogP contribution in [0.4, 0.5) is 10.1 Å². The number of nitrogens with one attached hydrogen (secondary N) is 2. The molecule has 1 amide bonds. The summed E-state index contributed by atoms with van der Waals surface area (Å²) in [7, 11) is 0. The monoisotopic (exact) mass is 441 g/mol. The smallest absolute Gasteiger partial charge is 0.255 e. The second kappa shape index (κ2) is 8.29. The third kappa shape index (κ3) is 3.98. The lowest BCUT2D eigenvalue weighted by Gasteiger charge is -2.09. The van der Waals surface area contributed by atoms with E-state index < -0.39 is 0 Å². The van der Waals surface area contributed by atoms with E-state index in [1.165, 1.54) is 12.1 Å². The summed E-state index contributed by atoms with van der Waals surface area (Å²) < 4.78 is 13.1. The molecule has 0 saturated carbocycles. The van der Waals surface area contributed by atoms with Crippen molar-refractivity contribution in [2.45, 2.75) is 0 Å². The Morgan fingerprint density at radius 1 is 0.875 bits per heavy atom. The lowest BCUT2D eigenvalue weighted by Crippen LogP contribution is -2.11. The molecule has 32 heavy (non-hydrogen) atoms. The van der Waals surface area contributed by atoms with Gasteiger partial charge in [-0.15, -0.1) is 0 Å². The minimum atomic E-state index is -0.283. The summed E-state index contributed by atoms with van der Waals surface area (Å²) in [5, 5.41) is 3.44. The maximum Gasteiger partial charge on any atom is 0.255 e. The van der Waals surface area contributed by atoms with Crippen LogP contribution in [0.15, 0.2) is 91.0 Å². The number of rotatable bonds is 4. The Bertz CT molecular complexity index is 1390. The average Bonchev–Trinajstić information content (AvgIpc) is 3.25. The summed E-state index contributed by atoms with van der Waals surface area (Å²) in [6.07, 6.45) is 0. The fraction of sp³-hybridized carbons (Fsp3) is 0. The molecule has 5 aromatic rings. The lowest BCUT2D eigenvalue weighted by atomic mass is 10.0. The Labute approximate surface area is 188 Å². The van der Waals surface area contributed by atoms with Crippen LogP contribution in [0.3, 0.4) is 0 Å². The molecule has 4 aromatic carbocycles. The second-order valence-corrected chi connectivity index (χ2v) is 7.74. The number of imidazole rings is 1. The van der Waals surface area contributed by atoms with Gasteiger partial charge in [0.2, 0.25) is 0 Å². The van der Waals surface area contributed by atoms with Gasteiger partial charge in [0.25, 0.3) is 5.91 Å². The summed E-state index contributed by atoms with van der Waals surface area (Å²) in [6.45, 7) is 0. The molecular weight excluding hydrogens is 425 g/mol. The topological polar surface area (TPSA) is 57.8 Å². The maximum absolute atomic E-state index is 13.1. The first kappa shape index (κ1) is 20.0. The molecule has 1 heterocycles. The number of aromatic nitrogens is 2. The summed E-state index contributed by atoms with van der Waals surface area (Å²) in [6, 6.07) is 26.4. The SMILES string of the molecule is O=C(Nc1ccc(Cl)c(-c2nc3ccccc3[nH]2)c1)c1ccc(-c2ccc(F)cc2)cc1. The first-order valence-electron chi connectivity index (χ1n) is 9.99. The predicted molar refractivity (Wildman–Crippen MR) is 126 cm³/mol. The molecule has 156 valence electrons. The van der Waals surface area contributed by atoms with Crippen molar-refractivity contribution in [1.29, 1.82) is 0 Å². The number of para-hydroxylation sites is 2. The van der Waals surface area contributed by atoms with Crippen molar-refractivity contribution in [2.75, 3.05) is 5.32 Å². The molecule has 6 heteroatoms. The summed E-state index contributed by atoms with van der Waals surface area (Å²) in [4.78, 5) is 20.6. The number of carbonyl (C=O) groups excluding carboxylic acids is 1. The molecule has 0 aliphatic heterocycles. The molecule has 0 unspecified atom stereocenters. The molecular formula is C26H17ClFN3O. The summed E-state index contributed by atoms with van der Waals surface area (Å²) in [5.41, 5.74) is 5.36. The zero-order valence-electron chi connectivity index (χ0n) is 16.8. The molecule has 0 aliphatic rings. The number of carbonyl (C=O) groups is 1. The highest BCUT2D eigenvalue weighted by Crippen LogP contribution is 2.30. The summed E-state index contributed by atoms with van der Waals surface area (Å²) in [5.74, 6) is 0.110. The number of fused-ring (bicyclic) bond motifs is 1. The van der Waals surface area contributed by atoms with Crippen LogP contribution in [-0.2, 0) is 0 Å². The van der Waals surface area contributed by atoms with Gasteiger partial charge in [0.1, 0.15) is 11.6 Å². The Morgan fingerprint density at radius 2 is 1.56 bits per heavy atom. The number of H-pyrrole nitrogens is 1.